The van der Waals surface area contributed by atoms with Crippen molar-refractivity contribution >= 4 is 45.1 Å². The number of pyridine rings is 1. The molecule has 4 aromatic rings. The highest BCUT2D eigenvalue weighted by atomic mass is 35.5. The number of aromatic nitrogens is 2. The van der Waals surface area contributed by atoms with Gasteiger partial charge in [-0.15, -0.1) is 12.4 Å². The first-order valence-electron chi connectivity index (χ1n) is 9.10. The number of rotatable bonds is 5. The quantitative estimate of drug-likeness (QED) is 0.448. The van der Waals surface area contributed by atoms with Crippen LogP contribution in [0.1, 0.15) is 5.69 Å². The number of thiazole rings is 1. The van der Waals surface area contributed by atoms with Crippen LogP contribution in [0.4, 0.5) is 9.93 Å². The minimum Gasteiger partial charge on any atom is -0.494 e. The SMILES string of the molecule is COc1ccc(-c2ccccc2)c2sc(NC(=O)N(C)Cc3ccccn3)nc12.Cl. The van der Waals surface area contributed by atoms with Crippen molar-refractivity contribution in [3.8, 4) is 16.9 Å². The van der Waals surface area contributed by atoms with E-state index < -0.39 is 0 Å². The number of urea groups is 1. The second-order valence-electron chi connectivity index (χ2n) is 6.49. The topological polar surface area (TPSA) is 67.3 Å². The van der Waals surface area contributed by atoms with Crippen LogP contribution in [0.3, 0.4) is 0 Å². The van der Waals surface area contributed by atoms with E-state index in [-0.39, 0.29) is 18.4 Å². The van der Waals surface area contributed by atoms with Gasteiger partial charge in [0.1, 0.15) is 11.3 Å². The summed E-state index contributed by atoms with van der Waals surface area (Å²) >= 11 is 1.43. The van der Waals surface area contributed by atoms with Crippen molar-refractivity contribution in [1.29, 1.82) is 0 Å². The average molecular weight is 441 g/mol. The van der Waals surface area contributed by atoms with Gasteiger partial charge >= 0.3 is 6.03 Å². The fourth-order valence-corrected chi connectivity index (χ4v) is 4.05. The summed E-state index contributed by atoms with van der Waals surface area (Å²) in [4.78, 5) is 23.1. The molecule has 0 spiro atoms. The van der Waals surface area contributed by atoms with Gasteiger partial charge in [-0.2, -0.15) is 0 Å². The van der Waals surface area contributed by atoms with Gasteiger partial charge in [0, 0.05) is 18.8 Å². The van der Waals surface area contributed by atoms with Crippen molar-refractivity contribution in [2.45, 2.75) is 6.54 Å². The number of benzene rings is 2. The van der Waals surface area contributed by atoms with E-state index in [9.17, 15) is 4.79 Å². The van der Waals surface area contributed by atoms with Crippen LogP contribution in [0.5, 0.6) is 5.75 Å². The number of hydrogen-bond acceptors (Lipinski definition) is 5. The van der Waals surface area contributed by atoms with Crippen LogP contribution in [0.15, 0.2) is 66.9 Å². The summed E-state index contributed by atoms with van der Waals surface area (Å²) < 4.78 is 6.45. The van der Waals surface area contributed by atoms with Gasteiger partial charge in [-0.05, 0) is 29.8 Å². The van der Waals surface area contributed by atoms with Crippen molar-refractivity contribution in [3.05, 3.63) is 72.6 Å². The summed E-state index contributed by atoms with van der Waals surface area (Å²) in [5.41, 5.74) is 3.71. The Labute approximate surface area is 185 Å². The maximum Gasteiger partial charge on any atom is 0.323 e. The van der Waals surface area contributed by atoms with Crippen LogP contribution in [0.25, 0.3) is 21.3 Å². The average Bonchev–Trinajstić information content (AvgIpc) is 3.17. The van der Waals surface area contributed by atoms with E-state index in [4.69, 9.17) is 4.74 Å². The summed E-state index contributed by atoms with van der Waals surface area (Å²) in [5.74, 6) is 0.679. The Kier molecular flexibility index (Phi) is 6.87. The van der Waals surface area contributed by atoms with Crippen LogP contribution in [0.2, 0.25) is 0 Å². The predicted molar refractivity (Wildman–Crippen MR) is 124 cm³/mol. The van der Waals surface area contributed by atoms with Crippen molar-refractivity contribution in [2.75, 3.05) is 19.5 Å². The zero-order chi connectivity index (χ0) is 20.2. The van der Waals surface area contributed by atoms with Gasteiger partial charge in [0.2, 0.25) is 0 Å². The van der Waals surface area contributed by atoms with Gasteiger partial charge in [0.05, 0.1) is 24.0 Å². The molecule has 0 atom stereocenters. The Morgan fingerprint density at radius 2 is 1.87 bits per heavy atom. The number of amides is 2. The molecule has 0 bridgehead atoms. The number of halogens is 1. The molecule has 154 valence electrons. The molecule has 6 nitrogen and oxygen atoms in total. The molecule has 0 saturated heterocycles. The van der Waals surface area contributed by atoms with Crippen molar-refractivity contribution in [3.63, 3.8) is 0 Å². The highest BCUT2D eigenvalue weighted by Gasteiger charge is 2.17. The molecular formula is C22H21ClN4O2S. The third-order valence-corrected chi connectivity index (χ3v) is 5.50. The fraction of sp³-hybridized carbons (Fsp3) is 0.136. The van der Waals surface area contributed by atoms with E-state index in [2.05, 4.69) is 27.4 Å². The highest BCUT2D eigenvalue weighted by Crippen LogP contribution is 2.39. The molecule has 4 rings (SSSR count). The number of nitrogens with zero attached hydrogens (tertiary/aromatic N) is 3. The van der Waals surface area contributed by atoms with Crippen LogP contribution in [-0.4, -0.2) is 35.1 Å². The van der Waals surface area contributed by atoms with E-state index in [0.717, 1.165) is 27.0 Å². The van der Waals surface area contributed by atoms with Crippen molar-refractivity contribution in [1.82, 2.24) is 14.9 Å². The summed E-state index contributed by atoms with van der Waals surface area (Å²) in [5, 5.41) is 3.42. The molecule has 0 aliphatic carbocycles. The third-order valence-electron chi connectivity index (χ3n) is 4.50. The number of ether oxygens (including phenoxy) is 1. The van der Waals surface area contributed by atoms with Crippen molar-refractivity contribution < 1.29 is 9.53 Å². The molecule has 0 fully saturated rings. The van der Waals surface area contributed by atoms with Gasteiger partial charge in [-0.1, -0.05) is 47.7 Å². The van der Waals surface area contributed by atoms with E-state index in [1.807, 2.05) is 48.5 Å². The molecule has 2 amide bonds. The Balaban J connectivity index is 0.00000256. The number of methoxy groups -OCH3 is 1. The molecule has 30 heavy (non-hydrogen) atoms. The Morgan fingerprint density at radius 3 is 2.57 bits per heavy atom. The largest absolute Gasteiger partial charge is 0.494 e. The number of carbonyl (C=O) groups is 1. The monoisotopic (exact) mass is 440 g/mol. The number of carbonyl (C=O) groups excluding carboxylic acids is 1. The Hall–Kier alpha value is -3.16. The molecule has 0 aliphatic rings. The van der Waals surface area contributed by atoms with Crippen LogP contribution >= 0.6 is 23.7 Å². The molecule has 2 aromatic carbocycles. The first-order valence-corrected chi connectivity index (χ1v) is 9.92. The minimum absolute atomic E-state index is 0. The van der Waals surface area contributed by atoms with Crippen LogP contribution in [0, 0.1) is 0 Å². The second kappa shape index (κ2) is 9.56. The first-order chi connectivity index (χ1) is 14.2. The van der Waals surface area contributed by atoms with Crippen LogP contribution in [-0.2, 0) is 6.54 Å². The van der Waals surface area contributed by atoms with E-state index in [0.29, 0.717) is 17.4 Å². The number of hydrogen-bond donors (Lipinski definition) is 1. The molecule has 2 heterocycles. The normalized spacial score (nSPS) is 10.3. The first kappa shape index (κ1) is 21.5. The zero-order valence-electron chi connectivity index (χ0n) is 16.5. The second-order valence-corrected chi connectivity index (χ2v) is 7.48. The maximum absolute atomic E-state index is 12.6. The lowest BCUT2D eigenvalue weighted by molar-refractivity contribution is 0.220. The third kappa shape index (κ3) is 4.53. The van der Waals surface area contributed by atoms with Gasteiger partial charge < -0.3 is 9.64 Å². The molecule has 8 heteroatoms. The Bertz CT molecular complexity index is 1140. The minimum atomic E-state index is -0.241. The molecule has 0 saturated carbocycles. The molecule has 0 radical (unpaired) electrons. The Morgan fingerprint density at radius 1 is 1.10 bits per heavy atom. The lowest BCUT2D eigenvalue weighted by Gasteiger charge is -2.16. The predicted octanol–water partition coefficient (Wildman–Crippen LogP) is 5.45. The number of nitrogens with one attached hydrogen (secondary N) is 1. The van der Waals surface area contributed by atoms with E-state index in [1.165, 1.54) is 11.3 Å². The summed E-state index contributed by atoms with van der Waals surface area (Å²) in [7, 11) is 3.35. The molecule has 2 aromatic heterocycles. The fourth-order valence-electron chi connectivity index (χ4n) is 3.04. The zero-order valence-corrected chi connectivity index (χ0v) is 18.2. The lowest BCUT2D eigenvalue weighted by Crippen LogP contribution is -2.31. The lowest BCUT2D eigenvalue weighted by atomic mass is 10.1. The highest BCUT2D eigenvalue weighted by molar-refractivity contribution is 7.23. The molecule has 0 aliphatic heterocycles. The summed E-state index contributed by atoms with van der Waals surface area (Å²) in [6.45, 7) is 0.413. The number of fused-ring (bicyclic) bond motifs is 1. The number of anilines is 1. The van der Waals surface area contributed by atoms with Gasteiger partial charge in [0.15, 0.2) is 5.13 Å². The van der Waals surface area contributed by atoms with Crippen molar-refractivity contribution in [2.24, 2.45) is 0 Å². The van der Waals surface area contributed by atoms with E-state index in [1.54, 1.807) is 25.3 Å². The van der Waals surface area contributed by atoms with Gasteiger partial charge in [-0.25, -0.2) is 9.78 Å². The van der Waals surface area contributed by atoms with Crippen LogP contribution < -0.4 is 10.1 Å². The van der Waals surface area contributed by atoms with Gasteiger partial charge in [0.25, 0.3) is 0 Å². The standard InChI is InChI=1S/C22H20N4O2S.ClH/c1-26(14-16-10-6-7-13-23-16)22(27)25-21-24-19-18(28-2)12-11-17(20(19)29-21)15-8-4-3-5-9-15;/h3-13H,14H2,1-2H3,(H,24,25,27);1H. The summed E-state index contributed by atoms with van der Waals surface area (Å²) in [6.07, 6.45) is 1.71. The van der Waals surface area contributed by atoms with Gasteiger partial charge in [-0.3, -0.25) is 10.3 Å². The van der Waals surface area contributed by atoms with E-state index >= 15 is 0 Å². The smallest absolute Gasteiger partial charge is 0.323 e. The summed E-state index contributed by atoms with van der Waals surface area (Å²) in [6, 6.07) is 19.4. The molecule has 0 unspecified atom stereocenters. The molecular weight excluding hydrogens is 420 g/mol. The maximum atomic E-state index is 12.6. The molecule has 1 N–H and O–H groups in total.